The van der Waals surface area contributed by atoms with Gasteiger partial charge in [0.1, 0.15) is 0 Å². The number of hydrogen-bond donors (Lipinski definition) is 4. The quantitative estimate of drug-likeness (QED) is 0.0298. The molecular formula is C36H46N4O4. The number of Topliss-reactive ketones (excluding diaryl/α,β-unsaturated/α-hetero) is 2. The molecule has 6 N–H and O–H groups in total. The van der Waals surface area contributed by atoms with Gasteiger partial charge in [0.05, 0.1) is 0 Å². The Labute approximate surface area is 262 Å². The van der Waals surface area contributed by atoms with Crippen LogP contribution in [0.4, 0.5) is 0 Å². The second-order valence-electron chi connectivity index (χ2n) is 10.8. The smallest absolute Gasteiger partial charge is 0.255 e. The first kappa shape index (κ1) is 36.0. The van der Waals surface area contributed by atoms with E-state index in [1.807, 2.05) is 0 Å². The topological polar surface area (TPSA) is 144 Å². The number of unbranched alkanes of at least 4 members (excludes halogenated alkanes) is 11. The average Bonchev–Trinajstić information content (AvgIpc) is 3.07. The van der Waals surface area contributed by atoms with Crippen LogP contribution in [0.2, 0.25) is 0 Å². The van der Waals surface area contributed by atoms with E-state index in [1.54, 1.807) is 60.7 Å². The van der Waals surface area contributed by atoms with E-state index in [0.29, 0.717) is 24.0 Å². The zero-order valence-corrected chi connectivity index (χ0v) is 25.7. The van der Waals surface area contributed by atoms with Gasteiger partial charge in [-0.15, -0.1) is 0 Å². The van der Waals surface area contributed by atoms with E-state index in [0.717, 1.165) is 77.0 Å². The van der Waals surface area contributed by atoms with Crippen molar-refractivity contribution in [3.63, 3.8) is 0 Å². The zero-order valence-electron chi connectivity index (χ0n) is 25.7. The van der Waals surface area contributed by atoms with Gasteiger partial charge in [-0.05, 0) is 37.5 Å². The lowest BCUT2D eigenvalue weighted by atomic mass is 9.70. The highest BCUT2D eigenvalue weighted by Gasteiger charge is 2.52. The lowest BCUT2D eigenvalue weighted by molar-refractivity contribution is -0.127. The number of ketones is 2. The Kier molecular flexibility index (Phi) is 17.5. The average molecular weight is 599 g/mol. The number of nitrogens with two attached hydrogens (primary N) is 2. The molecule has 0 aliphatic rings. The summed E-state index contributed by atoms with van der Waals surface area (Å²) in [6, 6.07) is 16.8. The van der Waals surface area contributed by atoms with Crippen molar-refractivity contribution in [3.05, 3.63) is 71.8 Å². The molecule has 2 aromatic carbocycles. The molecule has 0 aliphatic heterocycles. The molecule has 0 spiro atoms. The maximum Gasteiger partial charge on any atom is 0.255 e. The maximum atomic E-state index is 13.7. The predicted molar refractivity (Wildman–Crippen MR) is 173 cm³/mol. The van der Waals surface area contributed by atoms with Crippen LogP contribution in [0.1, 0.15) is 117 Å². The number of nitrogens with one attached hydrogen (secondary N) is 2. The second kappa shape index (κ2) is 21.4. The summed E-state index contributed by atoms with van der Waals surface area (Å²) < 4.78 is 0. The second-order valence-corrected chi connectivity index (χ2v) is 10.8. The molecule has 0 saturated carbocycles. The number of carbonyl (C=O) groups is 4. The van der Waals surface area contributed by atoms with Gasteiger partial charge in [0.25, 0.3) is 5.91 Å². The van der Waals surface area contributed by atoms with Gasteiger partial charge >= 0.3 is 0 Å². The van der Waals surface area contributed by atoms with Crippen LogP contribution in [0.25, 0.3) is 0 Å². The SMILES string of the molecule is NNC(=O)CCCCCCCCC#CC#CCCCCCCCC(C(=O)NN)(C(=O)c1ccccc1)C(=O)c1ccccc1. The van der Waals surface area contributed by atoms with E-state index >= 15 is 0 Å². The molecule has 0 atom stereocenters. The molecule has 8 nitrogen and oxygen atoms in total. The standard InChI is InChI=1S/C36H46N4O4/c37-39-32(41)28-22-14-12-10-8-6-4-2-1-3-5-7-9-11-13-15-23-29-36(35(44)40-38,33(42)30-24-18-16-19-25-30)34(43)31-26-20-17-21-27-31/h16-21,24-27H,4,6-15,22-23,28-29,37-38H2,(H,39,41)(H,40,44). The molecule has 0 aromatic heterocycles. The van der Waals surface area contributed by atoms with E-state index < -0.39 is 22.9 Å². The Balaban J connectivity index is 1.75. The minimum atomic E-state index is -1.94. The van der Waals surface area contributed by atoms with Crippen molar-refractivity contribution >= 4 is 23.4 Å². The number of hydrogen-bond acceptors (Lipinski definition) is 6. The van der Waals surface area contributed by atoms with Crippen molar-refractivity contribution in [1.29, 1.82) is 0 Å². The van der Waals surface area contributed by atoms with Crippen LogP contribution in [0.5, 0.6) is 0 Å². The van der Waals surface area contributed by atoms with Gasteiger partial charge in [0.15, 0.2) is 17.0 Å². The number of hydrazine groups is 2. The van der Waals surface area contributed by atoms with Crippen LogP contribution in [0, 0.1) is 29.1 Å². The van der Waals surface area contributed by atoms with Gasteiger partial charge in [-0.2, -0.15) is 0 Å². The van der Waals surface area contributed by atoms with Crippen LogP contribution in [-0.4, -0.2) is 23.4 Å². The fraction of sp³-hybridized carbons (Fsp3) is 0.444. The number of amides is 2. The number of benzene rings is 2. The van der Waals surface area contributed by atoms with Crippen molar-refractivity contribution in [2.45, 2.75) is 96.3 Å². The van der Waals surface area contributed by atoms with E-state index in [4.69, 9.17) is 11.7 Å². The Morgan fingerprint density at radius 2 is 1.00 bits per heavy atom. The van der Waals surface area contributed by atoms with Crippen molar-refractivity contribution in [1.82, 2.24) is 10.9 Å². The third-order valence-corrected chi connectivity index (χ3v) is 7.58. The van der Waals surface area contributed by atoms with E-state index in [9.17, 15) is 19.2 Å². The molecule has 0 radical (unpaired) electrons. The molecule has 0 aliphatic carbocycles. The van der Waals surface area contributed by atoms with Gasteiger partial charge < -0.3 is 0 Å². The Hall–Kier alpha value is -4.24. The van der Waals surface area contributed by atoms with E-state index in [1.165, 1.54) is 0 Å². The summed E-state index contributed by atoms with van der Waals surface area (Å²) in [6.07, 6.45) is 12.6. The predicted octanol–water partition coefficient (Wildman–Crippen LogP) is 5.58. The van der Waals surface area contributed by atoms with Crippen molar-refractivity contribution in [2.75, 3.05) is 0 Å². The highest BCUT2D eigenvalue weighted by atomic mass is 16.2. The van der Waals surface area contributed by atoms with Crippen molar-refractivity contribution in [3.8, 4) is 23.7 Å². The minimum absolute atomic E-state index is 0.0698. The highest BCUT2D eigenvalue weighted by Crippen LogP contribution is 2.34. The highest BCUT2D eigenvalue weighted by molar-refractivity contribution is 6.31. The van der Waals surface area contributed by atoms with Gasteiger partial charge in [-0.3, -0.25) is 30.0 Å². The van der Waals surface area contributed by atoms with E-state index in [-0.39, 0.29) is 12.3 Å². The molecular weight excluding hydrogens is 552 g/mol. The van der Waals surface area contributed by atoms with Crippen LogP contribution < -0.4 is 22.5 Å². The molecule has 8 heteroatoms. The Bertz CT molecular complexity index is 1250. The van der Waals surface area contributed by atoms with Gasteiger partial charge in [0, 0.05) is 30.4 Å². The molecule has 0 unspecified atom stereocenters. The first-order valence-corrected chi connectivity index (χ1v) is 15.6. The minimum Gasteiger partial charge on any atom is -0.294 e. The van der Waals surface area contributed by atoms with Crippen molar-refractivity contribution < 1.29 is 19.2 Å². The first-order valence-electron chi connectivity index (χ1n) is 15.6. The maximum absolute atomic E-state index is 13.7. The Morgan fingerprint density at radius 3 is 1.45 bits per heavy atom. The molecule has 0 saturated heterocycles. The molecule has 0 heterocycles. The molecule has 44 heavy (non-hydrogen) atoms. The van der Waals surface area contributed by atoms with E-state index in [2.05, 4.69) is 34.5 Å². The van der Waals surface area contributed by atoms with Crippen LogP contribution in [0.3, 0.4) is 0 Å². The summed E-state index contributed by atoms with van der Waals surface area (Å²) >= 11 is 0. The molecule has 0 fully saturated rings. The number of rotatable bonds is 20. The molecule has 234 valence electrons. The Morgan fingerprint density at radius 1 is 0.568 bits per heavy atom. The van der Waals surface area contributed by atoms with Crippen LogP contribution in [0.15, 0.2) is 60.7 Å². The summed E-state index contributed by atoms with van der Waals surface area (Å²) in [5, 5.41) is 0. The van der Waals surface area contributed by atoms with Crippen molar-refractivity contribution in [2.24, 2.45) is 17.1 Å². The van der Waals surface area contributed by atoms with Gasteiger partial charge in [0.2, 0.25) is 5.91 Å². The van der Waals surface area contributed by atoms with Crippen LogP contribution in [-0.2, 0) is 9.59 Å². The third-order valence-electron chi connectivity index (χ3n) is 7.58. The lowest BCUT2D eigenvalue weighted by Crippen LogP contribution is -2.54. The molecule has 2 aromatic rings. The van der Waals surface area contributed by atoms with Gasteiger partial charge in [-0.25, -0.2) is 11.7 Å². The summed E-state index contributed by atoms with van der Waals surface area (Å²) in [5.74, 6) is 20.7. The van der Waals surface area contributed by atoms with Gasteiger partial charge in [-0.1, -0.05) is 124 Å². The summed E-state index contributed by atoms with van der Waals surface area (Å²) in [4.78, 5) is 51.7. The third kappa shape index (κ3) is 12.2. The summed E-state index contributed by atoms with van der Waals surface area (Å²) in [7, 11) is 0. The lowest BCUT2D eigenvalue weighted by Gasteiger charge is -2.29. The normalized spacial score (nSPS) is 10.5. The summed E-state index contributed by atoms with van der Waals surface area (Å²) in [5.41, 5.74) is 2.90. The molecule has 2 amide bonds. The number of carbonyl (C=O) groups excluding carboxylic acids is 4. The zero-order chi connectivity index (χ0) is 31.9. The largest absolute Gasteiger partial charge is 0.294 e. The fourth-order valence-corrected chi connectivity index (χ4v) is 5.07. The summed E-state index contributed by atoms with van der Waals surface area (Å²) in [6.45, 7) is 0. The molecule has 2 rings (SSSR count). The first-order chi connectivity index (χ1) is 21.5. The molecule has 0 bridgehead atoms. The van der Waals surface area contributed by atoms with Crippen LogP contribution >= 0.6 is 0 Å². The monoisotopic (exact) mass is 598 g/mol. The fourth-order valence-electron chi connectivity index (χ4n) is 5.07.